The molecular formula is C15H11NO3. The lowest BCUT2D eigenvalue weighted by Gasteiger charge is -2.06. The third-order valence-corrected chi connectivity index (χ3v) is 2.75. The summed E-state index contributed by atoms with van der Waals surface area (Å²) in [7, 11) is 0. The van der Waals surface area contributed by atoms with E-state index in [-0.39, 0.29) is 11.7 Å². The Kier molecular flexibility index (Phi) is 2.76. The topological polar surface area (TPSA) is 52.3 Å². The molecule has 4 heteroatoms. The molecule has 94 valence electrons. The van der Waals surface area contributed by atoms with Crippen LogP contribution >= 0.6 is 0 Å². The molecule has 0 spiro atoms. The number of carbonyl (C=O) groups excluding carboxylic acids is 1. The first kappa shape index (κ1) is 11.5. The highest BCUT2D eigenvalue weighted by Gasteiger charge is 2.08. The van der Waals surface area contributed by atoms with Crippen molar-refractivity contribution in [1.82, 2.24) is 4.98 Å². The highest BCUT2D eigenvalue weighted by molar-refractivity contribution is 5.84. The molecule has 19 heavy (non-hydrogen) atoms. The lowest BCUT2D eigenvalue weighted by Crippen LogP contribution is -1.88. The van der Waals surface area contributed by atoms with Crippen molar-refractivity contribution in [3.63, 3.8) is 0 Å². The molecule has 0 fully saturated rings. The molecule has 0 saturated heterocycles. The highest BCUT2D eigenvalue weighted by atomic mass is 16.6. The van der Waals surface area contributed by atoms with Crippen molar-refractivity contribution < 1.29 is 13.9 Å². The standard InChI is InChI=1S/C15H11NO3/c1-10-5-6-11-3-2-4-13(15(11)16-10)19-14-8-7-12(9-17)18-14/h2-9H,1H3. The van der Waals surface area contributed by atoms with Gasteiger partial charge in [-0.25, -0.2) is 4.98 Å². The van der Waals surface area contributed by atoms with Crippen LogP contribution in [0.3, 0.4) is 0 Å². The Bertz CT molecular complexity index is 746. The third-order valence-electron chi connectivity index (χ3n) is 2.75. The summed E-state index contributed by atoms with van der Waals surface area (Å²) in [5, 5.41) is 0.991. The first-order valence-corrected chi connectivity index (χ1v) is 5.85. The molecule has 0 aliphatic heterocycles. The fourth-order valence-corrected chi connectivity index (χ4v) is 1.86. The molecule has 0 radical (unpaired) electrons. The van der Waals surface area contributed by atoms with E-state index in [0.29, 0.717) is 12.0 Å². The number of nitrogens with zero attached hydrogens (tertiary/aromatic N) is 1. The second kappa shape index (κ2) is 4.57. The second-order valence-electron chi connectivity index (χ2n) is 4.16. The predicted molar refractivity (Wildman–Crippen MR) is 70.6 cm³/mol. The summed E-state index contributed by atoms with van der Waals surface area (Å²) in [6, 6.07) is 12.8. The normalized spacial score (nSPS) is 10.6. The molecule has 4 nitrogen and oxygen atoms in total. The van der Waals surface area contributed by atoms with Gasteiger partial charge in [-0.2, -0.15) is 0 Å². The van der Waals surface area contributed by atoms with E-state index in [1.54, 1.807) is 12.1 Å². The van der Waals surface area contributed by atoms with Crippen LogP contribution in [-0.4, -0.2) is 11.3 Å². The predicted octanol–water partition coefficient (Wildman–Crippen LogP) is 3.74. The Morgan fingerprint density at radius 3 is 2.84 bits per heavy atom. The van der Waals surface area contributed by atoms with E-state index in [1.165, 1.54) is 0 Å². The Morgan fingerprint density at radius 1 is 1.16 bits per heavy atom. The fourth-order valence-electron chi connectivity index (χ4n) is 1.86. The van der Waals surface area contributed by atoms with Crippen LogP contribution in [0.2, 0.25) is 0 Å². The number of rotatable bonds is 3. The zero-order chi connectivity index (χ0) is 13.2. The van der Waals surface area contributed by atoms with E-state index in [4.69, 9.17) is 9.15 Å². The molecule has 0 aliphatic rings. The van der Waals surface area contributed by atoms with Gasteiger partial charge in [0, 0.05) is 17.1 Å². The summed E-state index contributed by atoms with van der Waals surface area (Å²) >= 11 is 0. The van der Waals surface area contributed by atoms with Crippen molar-refractivity contribution in [3.8, 4) is 11.7 Å². The largest absolute Gasteiger partial charge is 0.424 e. The van der Waals surface area contributed by atoms with Crippen LogP contribution in [0.5, 0.6) is 11.7 Å². The van der Waals surface area contributed by atoms with Crippen molar-refractivity contribution in [3.05, 3.63) is 53.9 Å². The minimum absolute atomic E-state index is 0.236. The minimum atomic E-state index is 0.236. The van der Waals surface area contributed by atoms with Crippen molar-refractivity contribution in [1.29, 1.82) is 0 Å². The summed E-state index contributed by atoms with van der Waals surface area (Å²) in [6.07, 6.45) is 0.637. The number of ether oxygens (including phenoxy) is 1. The fraction of sp³-hybridized carbons (Fsp3) is 0.0667. The van der Waals surface area contributed by atoms with Gasteiger partial charge in [-0.05, 0) is 25.1 Å². The summed E-state index contributed by atoms with van der Waals surface area (Å²) in [6.45, 7) is 1.92. The summed E-state index contributed by atoms with van der Waals surface area (Å²) in [4.78, 5) is 15.0. The lowest BCUT2D eigenvalue weighted by atomic mass is 10.2. The zero-order valence-corrected chi connectivity index (χ0v) is 10.3. The van der Waals surface area contributed by atoms with Gasteiger partial charge in [0.2, 0.25) is 0 Å². The Labute approximate surface area is 109 Å². The molecule has 0 aliphatic carbocycles. The molecule has 0 N–H and O–H groups in total. The molecule has 0 saturated carbocycles. The van der Waals surface area contributed by atoms with Crippen LogP contribution < -0.4 is 4.74 Å². The van der Waals surface area contributed by atoms with Gasteiger partial charge in [-0.15, -0.1) is 0 Å². The molecule has 2 aromatic heterocycles. The van der Waals surface area contributed by atoms with Crippen molar-refractivity contribution in [2.24, 2.45) is 0 Å². The molecule has 0 unspecified atom stereocenters. The number of aldehydes is 1. The number of aromatic nitrogens is 1. The summed E-state index contributed by atoms with van der Waals surface area (Å²) in [5.41, 5.74) is 1.68. The third kappa shape index (κ3) is 2.20. The Balaban J connectivity index is 2.04. The maximum absolute atomic E-state index is 10.6. The number of fused-ring (bicyclic) bond motifs is 1. The molecular weight excluding hydrogens is 242 g/mol. The molecule has 0 amide bonds. The van der Waals surface area contributed by atoms with Crippen LogP contribution in [0.4, 0.5) is 0 Å². The number of para-hydroxylation sites is 1. The maximum atomic E-state index is 10.6. The highest BCUT2D eigenvalue weighted by Crippen LogP contribution is 2.29. The second-order valence-corrected chi connectivity index (χ2v) is 4.16. The van der Waals surface area contributed by atoms with E-state index in [2.05, 4.69) is 4.98 Å². The van der Waals surface area contributed by atoms with Gasteiger partial charge >= 0.3 is 0 Å². The molecule has 3 rings (SSSR count). The van der Waals surface area contributed by atoms with Crippen LogP contribution in [0.25, 0.3) is 10.9 Å². The van der Waals surface area contributed by atoms with Gasteiger partial charge in [0.15, 0.2) is 17.8 Å². The average Bonchev–Trinajstić information content (AvgIpc) is 2.87. The van der Waals surface area contributed by atoms with E-state index in [9.17, 15) is 4.79 Å². The van der Waals surface area contributed by atoms with Crippen LogP contribution in [0.15, 0.2) is 46.9 Å². The van der Waals surface area contributed by atoms with Gasteiger partial charge in [0.1, 0.15) is 5.52 Å². The first-order chi connectivity index (χ1) is 9.26. The molecule has 1 aromatic carbocycles. The Hall–Kier alpha value is -2.62. The summed E-state index contributed by atoms with van der Waals surface area (Å²) in [5.74, 6) is 1.12. The molecule has 0 bridgehead atoms. The maximum Gasteiger partial charge on any atom is 0.290 e. The van der Waals surface area contributed by atoms with Gasteiger partial charge in [-0.1, -0.05) is 18.2 Å². The van der Waals surface area contributed by atoms with Crippen molar-refractivity contribution >= 4 is 17.2 Å². The monoisotopic (exact) mass is 253 g/mol. The van der Waals surface area contributed by atoms with Crippen molar-refractivity contribution in [2.75, 3.05) is 0 Å². The number of benzene rings is 1. The molecule has 0 atom stereocenters. The summed E-state index contributed by atoms with van der Waals surface area (Å²) < 4.78 is 10.8. The van der Waals surface area contributed by atoms with Gasteiger partial charge in [0.05, 0.1) is 0 Å². The zero-order valence-electron chi connectivity index (χ0n) is 10.3. The quantitative estimate of drug-likeness (QED) is 0.667. The number of furan rings is 1. The van der Waals surface area contributed by atoms with E-state index in [0.717, 1.165) is 16.6 Å². The van der Waals surface area contributed by atoms with E-state index >= 15 is 0 Å². The molecule has 3 aromatic rings. The smallest absolute Gasteiger partial charge is 0.290 e. The Morgan fingerprint density at radius 2 is 2.05 bits per heavy atom. The van der Waals surface area contributed by atoms with Crippen LogP contribution in [-0.2, 0) is 0 Å². The van der Waals surface area contributed by atoms with Crippen molar-refractivity contribution in [2.45, 2.75) is 6.92 Å². The number of aryl methyl sites for hydroxylation is 1. The lowest BCUT2D eigenvalue weighted by molar-refractivity contribution is 0.109. The number of pyridine rings is 1. The van der Waals surface area contributed by atoms with E-state index in [1.807, 2.05) is 37.3 Å². The SMILES string of the molecule is Cc1ccc2cccc(Oc3ccc(C=O)o3)c2n1. The van der Waals surface area contributed by atoms with E-state index < -0.39 is 0 Å². The molecule has 2 heterocycles. The van der Waals surface area contributed by atoms with Crippen LogP contribution in [0.1, 0.15) is 16.2 Å². The van der Waals surface area contributed by atoms with Gasteiger partial charge < -0.3 is 9.15 Å². The minimum Gasteiger partial charge on any atom is -0.424 e. The number of hydrogen-bond acceptors (Lipinski definition) is 4. The number of hydrogen-bond donors (Lipinski definition) is 0. The average molecular weight is 253 g/mol. The first-order valence-electron chi connectivity index (χ1n) is 5.85. The van der Waals surface area contributed by atoms with Crippen LogP contribution in [0, 0.1) is 6.92 Å². The van der Waals surface area contributed by atoms with Gasteiger partial charge in [-0.3, -0.25) is 4.79 Å². The number of carbonyl (C=O) groups is 1. The van der Waals surface area contributed by atoms with Gasteiger partial charge in [0.25, 0.3) is 5.95 Å².